The summed E-state index contributed by atoms with van der Waals surface area (Å²) in [5.74, 6) is -0.728. The fourth-order valence-electron chi connectivity index (χ4n) is 2.63. The lowest BCUT2D eigenvalue weighted by Crippen LogP contribution is -2.10. The van der Waals surface area contributed by atoms with Crippen LogP contribution in [-0.2, 0) is 19.0 Å². The Morgan fingerprint density at radius 2 is 1.96 bits per heavy atom. The Kier molecular flexibility index (Phi) is 3.87. The van der Waals surface area contributed by atoms with Gasteiger partial charge < -0.3 is 9.63 Å². The predicted molar refractivity (Wildman–Crippen MR) is 74.3 cm³/mol. The van der Waals surface area contributed by atoms with Gasteiger partial charge in [0.05, 0.1) is 11.3 Å². The highest BCUT2D eigenvalue weighted by atomic mass is 19.4. The van der Waals surface area contributed by atoms with Crippen molar-refractivity contribution >= 4 is 5.97 Å². The number of carboxylic acids is 1. The van der Waals surface area contributed by atoms with E-state index in [2.05, 4.69) is 5.16 Å². The molecular weight excluding hydrogens is 311 g/mol. The molecule has 1 fully saturated rings. The molecule has 0 unspecified atom stereocenters. The van der Waals surface area contributed by atoms with Crippen molar-refractivity contribution in [2.24, 2.45) is 0 Å². The average Bonchev–Trinajstić information content (AvgIpc) is 3.24. The number of hydrogen-bond acceptors (Lipinski definition) is 3. The summed E-state index contributed by atoms with van der Waals surface area (Å²) in [5.41, 5.74) is -0.372. The summed E-state index contributed by atoms with van der Waals surface area (Å²) in [6, 6.07) is 5.27. The van der Waals surface area contributed by atoms with Gasteiger partial charge in [0.25, 0.3) is 0 Å². The SMILES string of the molecule is O=C(O)c1c(CCc2ccccc2C(F)(F)F)noc1C1CC1. The maximum atomic E-state index is 13.0. The van der Waals surface area contributed by atoms with E-state index in [-0.39, 0.29) is 35.6 Å². The first-order valence-corrected chi connectivity index (χ1v) is 7.24. The molecule has 4 nitrogen and oxygen atoms in total. The number of hydrogen-bond donors (Lipinski definition) is 1. The van der Waals surface area contributed by atoms with Gasteiger partial charge in [-0.05, 0) is 37.3 Å². The molecule has 0 radical (unpaired) electrons. The van der Waals surface area contributed by atoms with Crippen molar-refractivity contribution in [1.82, 2.24) is 5.16 Å². The minimum Gasteiger partial charge on any atom is -0.477 e. The molecule has 0 aliphatic heterocycles. The van der Waals surface area contributed by atoms with Crippen LogP contribution in [0.4, 0.5) is 13.2 Å². The van der Waals surface area contributed by atoms with Crippen LogP contribution in [0.1, 0.15) is 51.7 Å². The summed E-state index contributed by atoms with van der Waals surface area (Å²) < 4.78 is 44.0. The molecule has 1 aromatic carbocycles. The minimum atomic E-state index is -4.44. The van der Waals surface area contributed by atoms with E-state index in [0.29, 0.717) is 5.76 Å². The van der Waals surface area contributed by atoms with Crippen LogP contribution in [0.3, 0.4) is 0 Å². The smallest absolute Gasteiger partial charge is 0.416 e. The summed E-state index contributed by atoms with van der Waals surface area (Å²) in [5, 5.41) is 13.1. The lowest BCUT2D eigenvalue weighted by atomic mass is 9.99. The van der Waals surface area contributed by atoms with E-state index in [4.69, 9.17) is 4.52 Å². The zero-order valence-electron chi connectivity index (χ0n) is 12.1. The molecule has 3 rings (SSSR count). The Hall–Kier alpha value is -2.31. The normalized spacial score (nSPS) is 14.9. The number of benzene rings is 1. The molecule has 1 aliphatic rings. The van der Waals surface area contributed by atoms with Gasteiger partial charge in [0.15, 0.2) is 5.76 Å². The summed E-state index contributed by atoms with van der Waals surface area (Å²) in [6.45, 7) is 0. The molecule has 1 heterocycles. The predicted octanol–water partition coefficient (Wildman–Crippen LogP) is 4.05. The van der Waals surface area contributed by atoms with Crippen molar-refractivity contribution in [3.8, 4) is 0 Å². The first-order chi connectivity index (χ1) is 10.9. The highest BCUT2D eigenvalue weighted by molar-refractivity contribution is 5.90. The summed E-state index contributed by atoms with van der Waals surface area (Å²) >= 11 is 0. The molecule has 1 aliphatic carbocycles. The number of carboxylic acid groups (broad SMARTS) is 1. The third-order valence-corrected chi connectivity index (χ3v) is 3.91. The number of aryl methyl sites for hydroxylation is 2. The van der Waals surface area contributed by atoms with Gasteiger partial charge in [0, 0.05) is 5.92 Å². The molecule has 122 valence electrons. The second kappa shape index (κ2) is 5.72. The fraction of sp³-hybridized carbons (Fsp3) is 0.375. The minimum absolute atomic E-state index is 0.0111. The third-order valence-electron chi connectivity index (χ3n) is 3.91. The van der Waals surface area contributed by atoms with Crippen LogP contribution >= 0.6 is 0 Å². The van der Waals surface area contributed by atoms with Gasteiger partial charge in [-0.1, -0.05) is 23.4 Å². The largest absolute Gasteiger partial charge is 0.477 e. The summed E-state index contributed by atoms with van der Waals surface area (Å²) in [6.07, 6.45) is -2.59. The van der Waals surface area contributed by atoms with Gasteiger partial charge >= 0.3 is 12.1 Å². The molecule has 0 bridgehead atoms. The van der Waals surface area contributed by atoms with Crippen LogP contribution in [0.15, 0.2) is 28.8 Å². The van der Waals surface area contributed by atoms with E-state index in [1.807, 2.05) is 0 Å². The molecule has 23 heavy (non-hydrogen) atoms. The Morgan fingerprint density at radius 1 is 1.26 bits per heavy atom. The molecular formula is C16H14F3NO3. The molecule has 1 aromatic heterocycles. The Labute approximate surface area is 129 Å². The zero-order chi connectivity index (χ0) is 16.6. The molecule has 7 heteroatoms. The second-order valence-electron chi connectivity index (χ2n) is 5.60. The van der Waals surface area contributed by atoms with Gasteiger partial charge in [-0.25, -0.2) is 4.79 Å². The van der Waals surface area contributed by atoms with E-state index >= 15 is 0 Å². The number of aromatic nitrogens is 1. The molecule has 0 saturated heterocycles. The van der Waals surface area contributed by atoms with Gasteiger partial charge in [0.2, 0.25) is 0 Å². The summed E-state index contributed by atoms with van der Waals surface area (Å²) in [7, 11) is 0. The lowest BCUT2D eigenvalue weighted by Gasteiger charge is -2.12. The third kappa shape index (κ3) is 3.23. The van der Waals surface area contributed by atoms with E-state index < -0.39 is 17.7 Å². The Bertz CT molecular complexity index is 732. The molecule has 0 spiro atoms. The van der Waals surface area contributed by atoms with Crippen LogP contribution in [0.25, 0.3) is 0 Å². The number of alkyl halides is 3. The number of rotatable bonds is 5. The van der Waals surface area contributed by atoms with Crippen LogP contribution < -0.4 is 0 Å². The van der Waals surface area contributed by atoms with E-state index in [1.165, 1.54) is 18.2 Å². The van der Waals surface area contributed by atoms with Crippen LogP contribution in [0.5, 0.6) is 0 Å². The van der Waals surface area contributed by atoms with Crippen molar-refractivity contribution in [3.05, 3.63) is 52.4 Å². The summed E-state index contributed by atoms with van der Waals surface area (Å²) in [4.78, 5) is 11.4. The maximum Gasteiger partial charge on any atom is 0.416 e. The van der Waals surface area contributed by atoms with Gasteiger partial charge in [-0.2, -0.15) is 13.2 Å². The molecule has 0 amide bonds. The van der Waals surface area contributed by atoms with Gasteiger partial charge in [0.1, 0.15) is 5.56 Å². The number of halogens is 3. The van der Waals surface area contributed by atoms with Gasteiger partial charge in [-0.3, -0.25) is 0 Å². The monoisotopic (exact) mass is 325 g/mol. The highest BCUT2D eigenvalue weighted by Crippen LogP contribution is 2.42. The molecule has 0 atom stereocenters. The zero-order valence-corrected chi connectivity index (χ0v) is 12.1. The number of carbonyl (C=O) groups is 1. The Morgan fingerprint density at radius 3 is 2.57 bits per heavy atom. The standard InChI is InChI=1S/C16H14F3NO3/c17-16(18,19)11-4-2-1-3-9(11)7-8-12-13(15(21)22)14(23-20-12)10-5-6-10/h1-4,10H,5-8H2,(H,21,22). The number of aromatic carboxylic acids is 1. The quantitative estimate of drug-likeness (QED) is 0.900. The van der Waals surface area contributed by atoms with Crippen LogP contribution in [-0.4, -0.2) is 16.2 Å². The van der Waals surface area contributed by atoms with Crippen molar-refractivity contribution in [1.29, 1.82) is 0 Å². The molecule has 1 N–H and O–H groups in total. The van der Waals surface area contributed by atoms with Crippen molar-refractivity contribution in [3.63, 3.8) is 0 Å². The van der Waals surface area contributed by atoms with Crippen molar-refractivity contribution < 1.29 is 27.6 Å². The topological polar surface area (TPSA) is 63.3 Å². The average molecular weight is 325 g/mol. The van der Waals surface area contributed by atoms with Crippen LogP contribution in [0, 0.1) is 0 Å². The molecule has 2 aromatic rings. The van der Waals surface area contributed by atoms with E-state index in [9.17, 15) is 23.1 Å². The highest BCUT2D eigenvalue weighted by Gasteiger charge is 2.35. The first-order valence-electron chi connectivity index (χ1n) is 7.24. The van der Waals surface area contributed by atoms with Crippen molar-refractivity contribution in [2.45, 2.75) is 37.8 Å². The maximum absolute atomic E-state index is 13.0. The fourth-order valence-corrected chi connectivity index (χ4v) is 2.63. The second-order valence-corrected chi connectivity index (χ2v) is 5.60. The van der Waals surface area contributed by atoms with Crippen molar-refractivity contribution in [2.75, 3.05) is 0 Å². The Balaban J connectivity index is 1.83. The lowest BCUT2D eigenvalue weighted by molar-refractivity contribution is -0.138. The first kappa shape index (κ1) is 15.6. The van der Waals surface area contributed by atoms with Gasteiger partial charge in [-0.15, -0.1) is 0 Å². The van der Waals surface area contributed by atoms with E-state index in [1.54, 1.807) is 0 Å². The number of nitrogens with zero attached hydrogens (tertiary/aromatic N) is 1. The van der Waals surface area contributed by atoms with E-state index in [0.717, 1.165) is 18.9 Å². The van der Waals surface area contributed by atoms with Crippen LogP contribution in [0.2, 0.25) is 0 Å². The molecule has 1 saturated carbocycles.